The predicted molar refractivity (Wildman–Crippen MR) is 145 cm³/mol. The number of anilines is 1. The molecule has 0 saturated carbocycles. The van der Waals surface area contributed by atoms with Gasteiger partial charge in [0.15, 0.2) is 23.8 Å². The van der Waals surface area contributed by atoms with Crippen molar-refractivity contribution in [3.05, 3.63) is 12.7 Å². The molecule has 2 aromatic rings. The summed E-state index contributed by atoms with van der Waals surface area (Å²) >= 11 is 0. The summed E-state index contributed by atoms with van der Waals surface area (Å²) in [6.45, 7) is 2.30. The number of rotatable bonds is 20. The fourth-order valence-corrected chi connectivity index (χ4v) is 5.52. The lowest BCUT2D eigenvalue weighted by atomic mass is 10.0. The van der Waals surface area contributed by atoms with E-state index in [0.29, 0.717) is 17.8 Å². The van der Waals surface area contributed by atoms with E-state index in [1.807, 2.05) is 0 Å². The monoisotopic (exact) mass is 554 g/mol. The fourth-order valence-electron chi connectivity index (χ4n) is 5.06. The van der Waals surface area contributed by atoms with Gasteiger partial charge in [-0.2, -0.15) is 0 Å². The highest BCUT2D eigenvalue weighted by Crippen LogP contribution is 2.39. The van der Waals surface area contributed by atoms with Crippen molar-refractivity contribution in [2.75, 3.05) is 18.9 Å². The van der Waals surface area contributed by atoms with Crippen LogP contribution in [0.25, 0.3) is 11.2 Å². The fraction of sp³-hybridized carbons (Fsp3) is 0.808. The van der Waals surface area contributed by atoms with Crippen LogP contribution >= 0.6 is 8.25 Å². The van der Waals surface area contributed by atoms with E-state index in [2.05, 4.69) is 21.9 Å². The lowest BCUT2D eigenvalue weighted by molar-refractivity contribution is -0.0705. The predicted octanol–water partition coefficient (Wildman–Crippen LogP) is 5.20. The van der Waals surface area contributed by atoms with Gasteiger partial charge in [-0.3, -0.25) is 4.57 Å². The van der Waals surface area contributed by atoms with Gasteiger partial charge >= 0.3 is 8.25 Å². The van der Waals surface area contributed by atoms with Gasteiger partial charge < -0.3 is 20.3 Å². The number of ether oxygens (including phenoxy) is 2. The summed E-state index contributed by atoms with van der Waals surface area (Å²) in [5, 5.41) is 9.84. The van der Waals surface area contributed by atoms with Crippen LogP contribution in [-0.2, 0) is 18.6 Å². The number of aromatic nitrogens is 4. The molecule has 4 N–H and O–H groups in total. The van der Waals surface area contributed by atoms with Crippen LogP contribution in [0.5, 0.6) is 0 Å². The molecule has 3 heterocycles. The summed E-state index contributed by atoms with van der Waals surface area (Å²) in [4.78, 5) is 21.9. The molecule has 0 spiro atoms. The van der Waals surface area contributed by atoms with Gasteiger partial charge in [-0.1, -0.05) is 90.4 Å². The molecule has 1 aliphatic rings. The van der Waals surface area contributed by atoms with Crippen molar-refractivity contribution in [3.63, 3.8) is 0 Å². The van der Waals surface area contributed by atoms with Gasteiger partial charge in [-0.15, -0.1) is 9.42 Å². The minimum Gasteiger partial charge on any atom is -0.394 e. The normalized spacial score (nSPS) is 21.9. The third kappa shape index (κ3) is 9.17. The zero-order chi connectivity index (χ0) is 27.2. The van der Waals surface area contributed by atoms with Gasteiger partial charge in [-0.05, 0) is 6.42 Å². The van der Waals surface area contributed by atoms with Crippen LogP contribution in [0, 0.1) is 0 Å². The smallest absolute Gasteiger partial charge is 0.394 e. The number of nitrogens with zero attached hydrogens (tertiary/aromatic N) is 4. The van der Waals surface area contributed by atoms with Crippen molar-refractivity contribution in [2.24, 2.45) is 0 Å². The molecule has 1 fully saturated rings. The molecule has 3 rings (SSSR count). The van der Waals surface area contributed by atoms with Gasteiger partial charge in [0.25, 0.3) is 0 Å². The van der Waals surface area contributed by atoms with Crippen molar-refractivity contribution < 1.29 is 28.6 Å². The maximum absolute atomic E-state index is 11.5. The van der Waals surface area contributed by atoms with E-state index in [4.69, 9.17) is 19.7 Å². The maximum atomic E-state index is 11.5. The molecule has 2 aromatic heterocycles. The van der Waals surface area contributed by atoms with Crippen molar-refractivity contribution in [2.45, 2.75) is 121 Å². The van der Waals surface area contributed by atoms with Crippen molar-refractivity contribution in [3.8, 4) is 0 Å². The van der Waals surface area contributed by atoms with Crippen LogP contribution in [0.3, 0.4) is 0 Å². The first-order valence-electron chi connectivity index (χ1n) is 14.2. The Morgan fingerprint density at radius 2 is 1.55 bits per heavy atom. The molecule has 0 aliphatic carbocycles. The zero-order valence-corrected chi connectivity index (χ0v) is 23.5. The molecule has 3 unspecified atom stereocenters. The second-order valence-electron chi connectivity index (χ2n) is 10.1. The Morgan fingerprint density at radius 1 is 0.947 bits per heavy atom. The first kappa shape index (κ1) is 30.8. The Balaban J connectivity index is 1.41. The average molecular weight is 555 g/mol. The summed E-state index contributed by atoms with van der Waals surface area (Å²) in [7, 11) is -2.92. The van der Waals surface area contributed by atoms with Crippen LogP contribution in [-0.4, -0.2) is 61.0 Å². The van der Waals surface area contributed by atoms with Crippen LogP contribution in [0.1, 0.15) is 103 Å². The number of unbranched alkanes of at least 4 members (excludes halogenated alkanes) is 13. The Kier molecular flexibility index (Phi) is 13.8. The average Bonchev–Trinajstić information content (AvgIpc) is 3.48. The van der Waals surface area contributed by atoms with Crippen molar-refractivity contribution in [1.29, 1.82) is 0 Å². The van der Waals surface area contributed by atoms with E-state index in [0.717, 1.165) is 19.3 Å². The van der Waals surface area contributed by atoms with Crippen molar-refractivity contribution in [1.82, 2.24) is 19.5 Å². The van der Waals surface area contributed by atoms with E-state index < -0.39 is 39.4 Å². The molecule has 0 amide bonds. The van der Waals surface area contributed by atoms with Crippen LogP contribution < -0.4 is 5.73 Å². The van der Waals surface area contributed by atoms with Gasteiger partial charge in [0.1, 0.15) is 24.1 Å². The number of aliphatic hydroxyl groups is 1. The summed E-state index contributed by atoms with van der Waals surface area (Å²) < 4.78 is 30.5. The molecule has 0 aromatic carbocycles. The molecular formula is C26H45N5O6P+. The standard InChI is InChI=1S/C26H44N5O6P/c1-2-3-4-5-6-7-8-9-10-11-12-13-14-15-16-35-23-22(37-38(33)34)20(17-32)36-26(23)31-19-30-21-24(27)28-18-29-25(21)31/h18-20,22-23,26,32H,2-17H2,1H3,(H2-,27,28,29,33,34)/p+1/t20-,22?,23?,26-/m1/s1. The molecule has 11 nitrogen and oxygen atoms in total. The van der Waals surface area contributed by atoms with E-state index in [9.17, 15) is 14.6 Å². The molecule has 38 heavy (non-hydrogen) atoms. The largest absolute Gasteiger partial charge is 0.695 e. The lowest BCUT2D eigenvalue weighted by Gasteiger charge is -2.22. The van der Waals surface area contributed by atoms with Gasteiger partial charge in [0.05, 0.1) is 12.9 Å². The molecule has 1 aliphatic heterocycles. The van der Waals surface area contributed by atoms with Crippen molar-refractivity contribution >= 4 is 25.2 Å². The van der Waals surface area contributed by atoms with E-state index in [1.165, 1.54) is 83.3 Å². The molecule has 5 atom stereocenters. The minimum atomic E-state index is -2.92. The summed E-state index contributed by atoms with van der Waals surface area (Å²) in [5.74, 6) is 0.233. The number of imidazole rings is 1. The van der Waals surface area contributed by atoms with E-state index >= 15 is 0 Å². The van der Waals surface area contributed by atoms with Gasteiger partial charge in [0, 0.05) is 11.2 Å². The van der Waals surface area contributed by atoms with Crippen LogP contribution in [0.4, 0.5) is 5.82 Å². The Labute approximate surface area is 226 Å². The molecule has 214 valence electrons. The van der Waals surface area contributed by atoms with Crippen LogP contribution in [0.2, 0.25) is 0 Å². The highest BCUT2D eigenvalue weighted by Gasteiger charge is 2.51. The molecule has 1 saturated heterocycles. The van der Waals surface area contributed by atoms with Gasteiger partial charge in [-0.25, -0.2) is 15.0 Å². The molecular weight excluding hydrogens is 509 g/mol. The Bertz CT molecular complexity index is 963. The number of hydrogen-bond acceptors (Lipinski definition) is 9. The first-order chi connectivity index (χ1) is 18.6. The SMILES string of the molecule is CCCCCCCCCCCCCCCCOC1C(O[P+](=O)O)[C@@H](CO)O[C@H]1n1cnc2c(N)ncnc21. The number of fused-ring (bicyclic) bond motifs is 1. The maximum Gasteiger partial charge on any atom is 0.695 e. The summed E-state index contributed by atoms with van der Waals surface area (Å²) in [6.07, 6.45) is 17.3. The summed E-state index contributed by atoms with van der Waals surface area (Å²) in [6, 6.07) is 0. The Hall–Kier alpha value is -1.75. The highest BCUT2D eigenvalue weighted by atomic mass is 31.1. The number of nitrogen functional groups attached to an aromatic ring is 1. The van der Waals surface area contributed by atoms with Gasteiger partial charge in [0.2, 0.25) is 0 Å². The molecule has 12 heteroatoms. The minimum absolute atomic E-state index is 0.233. The molecule has 0 bridgehead atoms. The second-order valence-corrected chi connectivity index (χ2v) is 10.8. The van der Waals surface area contributed by atoms with Crippen LogP contribution in [0.15, 0.2) is 12.7 Å². The second kappa shape index (κ2) is 17.0. The number of aliphatic hydroxyl groups excluding tert-OH is 1. The third-order valence-corrected chi connectivity index (χ3v) is 7.57. The van der Waals surface area contributed by atoms with E-state index in [1.54, 1.807) is 4.57 Å². The van der Waals surface area contributed by atoms with E-state index in [-0.39, 0.29) is 5.82 Å². The third-order valence-electron chi connectivity index (χ3n) is 7.15. The highest BCUT2D eigenvalue weighted by molar-refractivity contribution is 7.32. The number of nitrogens with two attached hydrogens (primary N) is 1. The molecule has 0 radical (unpaired) electrons. The Morgan fingerprint density at radius 3 is 2.13 bits per heavy atom. The lowest BCUT2D eigenvalue weighted by Crippen LogP contribution is -2.37. The number of hydrogen-bond donors (Lipinski definition) is 3. The quantitative estimate of drug-likeness (QED) is 0.147. The zero-order valence-electron chi connectivity index (χ0n) is 22.6. The summed E-state index contributed by atoms with van der Waals surface area (Å²) in [5.41, 5.74) is 6.77. The topological polar surface area (TPSA) is 155 Å². The first-order valence-corrected chi connectivity index (χ1v) is 15.3.